The number of H-pyrrole nitrogens is 1. The van der Waals surface area contributed by atoms with Crippen molar-refractivity contribution in [2.75, 3.05) is 25.0 Å². The van der Waals surface area contributed by atoms with E-state index in [2.05, 4.69) is 57.3 Å². The summed E-state index contributed by atoms with van der Waals surface area (Å²) in [5.74, 6) is -0.436. The highest BCUT2D eigenvalue weighted by Crippen LogP contribution is 2.31. The van der Waals surface area contributed by atoms with Crippen LogP contribution in [-0.4, -0.2) is 41.5 Å². The maximum atomic E-state index is 12.6. The average molecular weight is 478 g/mol. The number of nitrogens with two attached hydrogens (primary N) is 1. The molecule has 3 rings (SSSR count). The fourth-order valence-corrected chi connectivity index (χ4v) is 3.69. The molecule has 1 heterocycles. The highest BCUT2D eigenvalue weighted by atomic mass is 16.6. The molecule has 0 aliphatic rings. The number of hydrogen-bond donors (Lipinski definition) is 6. The molecular weight excluding hydrogens is 446 g/mol. The second-order valence-corrected chi connectivity index (χ2v) is 8.29. The van der Waals surface area contributed by atoms with Gasteiger partial charge in [-0.3, -0.25) is 19.8 Å². The number of benzene rings is 2. The van der Waals surface area contributed by atoms with Crippen molar-refractivity contribution in [3.8, 4) is 0 Å². The molecule has 0 atom stereocenters. The standard InChI is InChI=1S/C25H31N7O3/c1-17-20(15-21(33)28-13-14-35-32-24(26)27)31-22(23(34)30-17)29-16-25(2,18-9-5-3-6-10-18)19-11-7-4-8-12-19/h3-12H,13-16H2,1-2H3,(H,28,33)(H,29,31)(H,30,34)(H4,26,27,32). The molecule has 2 aromatic carbocycles. The lowest BCUT2D eigenvalue weighted by Gasteiger charge is -2.31. The minimum Gasteiger partial charge on any atom is -0.368 e. The zero-order chi connectivity index (χ0) is 25.3. The van der Waals surface area contributed by atoms with E-state index < -0.39 is 5.41 Å². The largest absolute Gasteiger partial charge is 0.368 e. The molecule has 1 amide bonds. The number of hydroxylamine groups is 1. The first-order valence-electron chi connectivity index (χ1n) is 11.2. The van der Waals surface area contributed by atoms with E-state index in [0.717, 1.165) is 11.1 Å². The Balaban J connectivity index is 1.73. The summed E-state index contributed by atoms with van der Waals surface area (Å²) < 4.78 is 0. The van der Waals surface area contributed by atoms with E-state index in [1.54, 1.807) is 6.92 Å². The van der Waals surface area contributed by atoms with Gasteiger partial charge in [0.15, 0.2) is 5.82 Å². The minimum atomic E-state index is -0.424. The average Bonchev–Trinajstić information content (AvgIpc) is 2.85. The maximum absolute atomic E-state index is 12.6. The number of rotatable bonds is 11. The number of aromatic nitrogens is 2. The van der Waals surface area contributed by atoms with E-state index in [1.165, 1.54) is 0 Å². The van der Waals surface area contributed by atoms with Gasteiger partial charge in [-0.15, -0.1) is 0 Å². The molecule has 0 radical (unpaired) electrons. The van der Waals surface area contributed by atoms with Crippen molar-refractivity contribution >= 4 is 17.7 Å². The summed E-state index contributed by atoms with van der Waals surface area (Å²) in [7, 11) is 0. The van der Waals surface area contributed by atoms with Gasteiger partial charge in [-0.05, 0) is 25.0 Å². The molecule has 3 aromatic rings. The number of guanidine groups is 1. The Morgan fingerprint density at radius 2 is 1.71 bits per heavy atom. The quantitative estimate of drug-likeness (QED) is 0.106. The number of hydrogen-bond acceptors (Lipinski definition) is 6. The zero-order valence-corrected chi connectivity index (χ0v) is 19.9. The summed E-state index contributed by atoms with van der Waals surface area (Å²) in [5, 5.41) is 12.9. The molecule has 0 unspecified atom stereocenters. The number of anilines is 1. The van der Waals surface area contributed by atoms with Crippen LogP contribution in [0.1, 0.15) is 29.4 Å². The number of amides is 1. The van der Waals surface area contributed by atoms with Crippen LogP contribution in [0.5, 0.6) is 0 Å². The molecule has 0 fully saturated rings. The highest BCUT2D eigenvalue weighted by molar-refractivity contribution is 5.78. The van der Waals surface area contributed by atoms with E-state index in [9.17, 15) is 9.59 Å². The van der Waals surface area contributed by atoms with Crippen LogP contribution in [0, 0.1) is 12.3 Å². The second kappa shape index (κ2) is 11.8. The molecule has 10 nitrogen and oxygen atoms in total. The summed E-state index contributed by atoms with van der Waals surface area (Å²) in [6.07, 6.45) is -0.00787. The van der Waals surface area contributed by atoms with Crippen LogP contribution >= 0.6 is 0 Å². The van der Waals surface area contributed by atoms with Crippen molar-refractivity contribution in [3.63, 3.8) is 0 Å². The van der Waals surface area contributed by atoms with Gasteiger partial charge in [-0.2, -0.15) is 0 Å². The van der Waals surface area contributed by atoms with E-state index in [0.29, 0.717) is 17.9 Å². The van der Waals surface area contributed by atoms with Gasteiger partial charge in [0.2, 0.25) is 11.9 Å². The van der Waals surface area contributed by atoms with E-state index in [-0.39, 0.29) is 42.8 Å². The topological polar surface area (TPSA) is 158 Å². The zero-order valence-electron chi connectivity index (χ0n) is 19.9. The van der Waals surface area contributed by atoms with E-state index in [1.807, 2.05) is 36.4 Å². The van der Waals surface area contributed by atoms with Crippen LogP contribution in [0.3, 0.4) is 0 Å². The van der Waals surface area contributed by atoms with Gasteiger partial charge in [0.1, 0.15) is 0 Å². The van der Waals surface area contributed by atoms with Crippen LogP contribution in [0.4, 0.5) is 5.82 Å². The Bertz CT molecular complexity index is 1160. The molecule has 1 aromatic heterocycles. The Morgan fingerprint density at radius 1 is 1.11 bits per heavy atom. The molecule has 0 saturated heterocycles. The van der Waals surface area contributed by atoms with Gasteiger partial charge in [0.05, 0.1) is 18.7 Å². The van der Waals surface area contributed by atoms with Crippen molar-refractivity contribution in [2.24, 2.45) is 5.73 Å². The summed E-state index contributed by atoms with van der Waals surface area (Å²) in [5.41, 5.74) is 9.73. The first kappa shape index (κ1) is 25.4. The monoisotopic (exact) mass is 477 g/mol. The smallest absolute Gasteiger partial charge is 0.290 e. The highest BCUT2D eigenvalue weighted by Gasteiger charge is 2.29. The van der Waals surface area contributed by atoms with Crippen molar-refractivity contribution in [1.29, 1.82) is 5.41 Å². The third-order valence-corrected chi connectivity index (χ3v) is 5.66. The molecule has 10 heteroatoms. The van der Waals surface area contributed by atoms with Crippen LogP contribution in [0.15, 0.2) is 65.5 Å². The molecule has 0 aliphatic heterocycles. The predicted molar refractivity (Wildman–Crippen MR) is 135 cm³/mol. The van der Waals surface area contributed by atoms with Crippen LogP contribution in [-0.2, 0) is 21.5 Å². The first-order chi connectivity index (χ1) is 16.8. The van der Waals surface area contributed by atoms with Gasteiger partial charge in [-0.1, -0.05) is 60.7 Å². The van der Waals surface area contributed by atoms with Crippen molar-refractivity contribution in [2.45, 2.75) is 25.7 Å². The van der Waals surface area contributed by atoms with Gasteiger partial charge >= 0.3 is 0 Å². The summed E-state index contributed by atoms with van der Waals surface area (Å²) >= 11 is 0. The number of nitrogens with one attached hydrogen (secondary N) is 5. The molecule has 7 N–H and O–H groups in total. The molecule has 0 saturated carbocycles. The molecule has 35 heavy (non-hydrogen) atoms. The van der Waals surface area contributed by atoms with Gasteiger partial charge in [0, 0.05) is 24.2 Å². The molecular formula is C25H31N7O3. The fourth-order valence-electron chi connectivity index (χ4n) is 3.69. The molecule has 184 valence electrons. The number of carbonyl (C=O) groups is 1. The van der Waals surface area contributed by atoms with E-state index in [4.69, 9.17) is 16.0 Å². The Kier molecular flexibility index (Phi) is 8.58. The second-order valence-electron chi connectivity index (χ2n) is 8.29. The van der Waals surface area contributed by atoms with Crippen LogP contribution in [0.25, 0.3) is 0 Å². The lowest BCUT2D eigenvalue weighted by Crippen LogP contribution is -2.35. The number of carbonyl (C=O) groups excluding carboxylic acids is 1. The Labute approximate surface area is 203 Å². The SMILES string of the molecule is Cc1[nH]c(=O)c(NCC(C)(c2ccccc2)c2ccccc2)nc1CC(=O)NCCONC(=N)N. The van der Waals surface area contributed by atoms with Crippen molar-refractivity contribution < 1.29 is 9.63 Å². The molecule has 0 bridgehead atoms. The number of nitrogens with zero attached hydrogens (tertiary/aromatic N) is 1. The van der Waals surface area contributed by atoms with Gasteiger partial charge < -0.3 is 21.4 Å². The summed E-state index contributed by atoms with van der Waals surface area (Å²) in [6, 6.07) is 20.2. The summed E-state index contributed by atoms with van der Waals surface area (Å²) in [6.45, 7) is 4.60. The van der Waals surface area contributed by atoms with Gasteiger partial charge in [-0.25, -0.2) is 10.5 Å². The lowest BCUT2D eigenvalue weighted by atomic mass is 9.76. The molecule has 0 spiro atoms. The Hall–Kier alpha value is -4.18. The summed E-state index contributed by atoms with van der Waals surface area (Å²) in [4.78, 5) is 37.1. The minimum absolute atomic E-state index is 0.00787. The Morgan fingerprint density at radius 3 is 2.29 bits per heavy atom. The number of aromatic amines is 1. The van der Waals surface area contributed by atoms with Crippen molar-refractivity contribution in [1.82, 2.24) is 20.8 Å². The van der Waals surface area contributed by atoms with Gasteiger partial charge in [0.25, 0.3) is 5.56 Å². The fraction of sp³-hybridized carbons (Fsp3) is 0.280. The third kappa shape index (κ3) is 6.90. The maximum Gasteiger partial charge on any atom is 0.290 e. The lowest BCUT2D eigenvalue weighted by molar-refractivity contribution is -0.120. The normalized spacial score (nSPS) is 11.0. The predicted octanol–water partition coefficient (Wildman–Crippen LogP) is 1.57. The van der Waals surface area contributed by atoms with Crippen LogP contribution in [0.2, 0.25) is 0 Å². The third-order valence-electron chi connectivity index (χ3n) is 5.66. The van der Waals surface area contributed by atoms with Crippen molar-refractivity contribution in [3.05, 3.63) is 93.5 Å². The van der Waals surface area contributed by atoms with Crippen LogP contribution < -0.4 is 27.4 Å². The van der Waals surface area contributed by atoms with E-state index >= 15 is 0 Å². The first-order valence-corrected chi connectivity index (χ1v) is 11.2. The molecule has 0 aliphatic carbocycles. The number of aryl methyl sites for hydroxylation is 1.